The summed E-state index contributed by atoms with van der Waals surface area (Å²) in [5, 5.41) is 8.86. The van der Waals surface area contributed by atoms with Gasteiger partial charge in [0.2, 0.25) is 0 Å². The summed E-state index contributed by atoms with van der Waals surface area (Å²) in [5.74, 6) is -0.0562. The van der Waals surface area contributed by atoms with Gasteiger partial charge in [-0.1, -0.05) is 12.1 Å². The molecule has 1 aromatic carbocycles. The fourth-order valence-electron chi connectivity index (χ4n) is 2.25. The molecule has 4 nitrogen and oxygen atoms in total. The molecule has 0 N–H and O–H groups in total. The summed E-state index contributed by atoms with van der Waals surface area (Å²) < 4.78 is 0. The summed E-state index contributed by atoms with van der Waals surface area (Å²) in [6.45, 7) is 2.74. The number of aryl methyl sites for hydroxylation is 1. The molecule has 0 bridgehead atoms. The maximum Gasteiger partial charge on any atom is 0.254 e. The largest absolute Gasteiger partial charge is 0.332 e. The van der Waals surface area contributed by atoms with Crippen molar-refractivity contribution in [2.24, 2.45) is 0 Å². The Morgan fingerprint density at radius 2 is 2.17 bits per heavy atom. The molecule has 0 saturated carbocycles. The number of carbonyl (C=O) groups excluding carboxylic acids is 1. The molecule has 2 aromatic rings. The van der Waals surface area contributed by atoms with Gasteiger partial charge in [0.05, 0.1) is 24.7 Å². The molecule has 1 heterocycles. The van der Waals surface area contributed by atoms with E-state index in [4.69, 9.17) is 5.26 Å². The lowest BCUT2D eigenvalue weighted by Crippen LogP contribution is -2.32. The van der Waals surface area contributed by atoms with Gasteiger partial charge in [0.25, 0.3) is 5.91 Å². The first-order valence-corrected chi connectivity index (χ1v) is 8.59. The standard InChI is InChI=1S/C18H19N3OS/c1-14-7-8-16(23-2)12-17(14)18(22)21(11-5-9-19)13-15-6-3-4-10-20-15/h3-4,6-8,10,12H,5,11,13H2,1-2H3. The van der Waals surface area contributed by atoms with E-state index in [1.165, 1.54) is 0 Å². The van der Waals surface area contributed by atoms with Crippen LogP contribution in [-0.4, -0.2) is 28.6 Å². The topological polar surface area (TPSA) is 57.0 Å². The number of carbonyl (C=O) groups is 1. The molecular formula is C18H19N3OS. The second-order valence-corrected chi connectivity index (χ2v) is 6.02. The van der Waals surface area contributed by atoms with E-state index in [2.05, 4.69) is 11.1 Å². The van der Waals surface area contributed by atoms with Gasteiger partial charge >= 0.3 is 0 Å². The van der Waals surface area contributed by atoms with Crippen molar-refractivity contribution in [1.29, 1.82) is 5.26 Å². The number of thioether (sulfide) groups is 1. The van der Waals surface area contributed by atoms with Crippen LogP contribution in [0.15, 0.2) is 47.5 Å². The number of amides is 1. The van der Waals surface area contributed by atoms with Gasteiger partial charge in [-0.3, -0.25) is 9.78 Å². The highest BCUT2D eigenvalue weighted by Crippen LogP contribution is 2.21. The van der Waals surface area contributed by atoms with Crippen LogP contribution in [-0.2, 0) is 6.54 Å². The molecule has 0 aliphatic rings. The van der Waals surface area contributed by atoms with E-state index in [0.717, 1.165) is 16.2 Å². The SMILES string of the molecule is CSc1ccc(C)c(C(=O)N(CCC#N)Cc2ccccn2)c1. The first kappa shape index (κ1) is 17.0. The van der Waals surface area contributed by atoms with Crippen LogP contribution in [0.3, 0.4) is 0 Å². The zero-order valence-electron chi connectivity index (χ0n) is 13.3. The van der Waals surface area contributed by atoms with Gasteiger partial charge in [-0.25, -0.2) is 0 Å². The smallest absolute Gasteiger partial charge is 0.254 e. The van der Waals surface area contributed by atoms with E-state index in [9.17, 15) is 4.79 Å². The number of hydrogen-bond acceptors (Lipinski definition) is 4. The Morgan fingerprint density at radius 3 is 2.83 bits per heavy atom. The average molecular weight is 325 g/mol. The molecule has 1 aromatic heterocycles. The summed E-state index contributed by atoms with van der Waals surface area (Å²) in [6.07, 6.45) is 4.00. The van der Waals surface area contributed by atoms with Gasteiger partial charge in [0.15, 0.2) is 0 Å². The monoisotopic (exact) mass is 325 g/mol. The summed E-state index contributed by atoms with van der Waals surface area (Å²) in [5.41, 5.74) is 2.44. The highest BCUT2D eigenvalue weighted by atomic mass is 32.2. The van der Waals surface area contributed by atoms with Crippen molar-refractivity contribution < 1.29 is 4.79 Å². The number of nitriles is 1. The van der Waals surface area contributed by atoms with Crippen LogP contribution in [0.4, 0.5) is 0 Å². The number of rotatable bonds is 6. The molecule has 0 spiro atoms. The molecule has 23 heavy (non-hydrogen) atoms. The zero-order chi connectivity index (χ0) is 16.7. The molecule has 0 aliphatic carbocycles. The quantitative estimate of drug-likeness (QED) is 0.760. The summed E-state index contributed by atoms with van der Waals surface area (Å²) in [7, 11) is 0. The van der Waals surface area contributed by atoms with E-state index < -0.39 is 0 Å². The number of pyridine rings is 1. The molecule has 0 radical (unpaired) electrons. The van der Waals surface area contributed by atoms with Crippen LogP contribution in [0.25, 0.3) is 0 Å². The zero-order valence-corrected chi connectivity index (χ0v) is 14.1. The summed E-state index contributed by atoms with van der Waals surface area (Å²) in [4.78, 5) is 19.9. The molecule has 1 amide bonds. The first-order valence-electron chi connectivity index (χ1n) is 7.36. The predicted molar refractivity (Wildman–Crippen MR) is 92.2 cm³/mol. The van der Waals surface area contributed by atoms with Crippen LogP contribution >= 0.6 is 11.8 Å². The van der Waals surface area contributed by atoms with Crippen molar-refractivity contribution in [3.05, 3.63) is 59.4 Å². The molecule has 5 heteroatoms. The highest BCUT2D eigenvalue weighted by molar-refractivity contribution is 7.98. The second-order valence-electron chi connectivity index (χ2n) is 5.14. The minimum atomic E-state index is -0.0562. The van der Waals surface area contributed by atoms with Crippen molar-refractivity contribution in [2.45, 2.75) is 24.8 Å². The lowest BCUT2D eigenvalue weighted by molar-refractivity contribution is 0.0744. The fraction of sp³-hybridized carbons (Fsp3) is 0.278. The van der Waals surface area contributed by atoms with E-state index in [1.54, 1.807) is 22.9 Å². The van der Waals surface area contributed by atoms with Gasteiger partial charge in [0, 0.05) is 23.2 Å². The second kappa shape index (κ2) is 8.35. The van der Waals surface area contributed by atoms with Gasteiger partial charge in [-0.15, -0.1) is 11.8 Å². The Hall–Kier alpha value is -2.32. The third-order valence-electron chi connectivity index (χ3n) is 3.53. The van der Waals surface area contributed by atoms with Gasteiger partial charge in [-0.2, -0.15) is 5.26 Å². The highest BCUT2D eigenvalue weighted by Gasteiger charge is 2.18. The summed E-state index contributed by atoms with van der Waals surface area (Å²) >= 11 is 1.61. The van der Waals surface area contributed by atoms with E-state index in [1.807, 2.05) is 49.6 Å². The maximum atomic E-state index is 12.9. The summed E-state index contributed by atoms with van der Waals surface area (Å²) in [6, 6.07) is 13.6. The van der Waals surface area contributed by atoms with Crippen LogP contribution in [0.5, 0.6) is 0 Å². The van der Waals surface area contributed by atoms with Crippen LogP contribution in [0, 0.1) is 18.3 Å². The number of benzene rings is 1. The molecule has 118 valence electrons. The third-order valence-corrected chi connectivity index (χ3v) is 4.26. The van der Waals surface area contributed by atoms with Crippen LogP contribution < -0.4 is 0 Å². The average Bonchev–Trinajstić information content (AvgIpc) is 2.59. The molecule has 0 fully saturated rings. The van der Waals surface area contributed by atoms with Crippen molar-refractivity contribution in [2.75, 3.05) is 12.8 Å². The number of nitrogens with zero attached hydrogens (tertiary/aromatic N) is 3. The van der Waals surface area contributed by atoms with Gasteiger partial charge < -0.3 is 4.90 Å². The van der Waals surface area contributed by atoms with E-state index >= 15 is 0 Å². The number of aromatic nitrogens is 1. The predicted octanol–water partition coefficient (Wildman–Crippen LogP) is 3.67. The molecular weight excluding hydrogens is 306 g/mol. The lowest BCUT2D eigenvalue weighted by atomic mass is 10.1. The Labute approximate surface area is 141 Å². The van der Waals surface area contributed by atoms with Crippen molar-refractivity contribution in [3.8, 4) is 6.07 Å². The first-order chi connectivity index (χ1) is 11.2. The lowest BCUT2D eigenvalue weighted by Gasteiger charge is -2.22. The minimum Gasteiger partial charge on any atom is -0.332 e. The molecule has 0 aliphatic heterocycles. The van der Waals surface area contributed by atoms with Crippen molar-refractivity contribution in [1.82, 2.24) is 9.88 Å². The van der Waals surface area contributed by atoms with E-state index in [-0.39, 0.29) is 5.91 Å². The van der Waals surface area contributed by atoms with Crippen LogP contribution in [0.1, 0.15) is 28.0 Å². The van der Waals surface area contributed by atoms with E-state index in [0.29, 0.717) is 25.1 Å². The Morgan fingerprint density at radius 1 is 1.35 bits per heavy atom. The van der Waals surface area contributed by atoms with Gasteiger partial charge in [0.1, 0.15) is 0 Å². The maximum absolute atomic E-state index is 12.9. The third kappa shape index (κ3) is 4.57. The Kier molecular flexibility index (Phi) is 6.19. The fourth-order valence-corrected chi connectivity index (χ4v) is 2.69. The molecule has 0 atom stereocenters. The molecule has 2 rings (SSSR count). The minimum absolute atomic E-state index is 0.0562. The molecule has 0 saturated heterocycles. The normalized spacial score (nSPS) is 10.1. The number of hydrogen-bond donors (Lipinski definition) is 0. The van der Waals surface area contributed by atoms with Gasteiger partial charge in [-0.05, 0) is 43.0 Å². The van der Waals surface area contributed by atoms with Crippen molar-refractivity contribution >= 4 is 17.7 Å². The Balaban J connectivity index is 2.27. The Bertz CT molecular complexity index is 710. The van der Waals surface area contributed by atoms with Crippen LogP contribution in [0.2, 0.25) is 0 Å². The van der Waals surface area contributed by atoms with Crippen molar-refractivity contribution in [3.63, 3.8) is 0 Å². The molecule has 0 unspecified atom stereocenters.